The molecule has 0 radical (unpaired) electrons. The Kier molecular flexibility index (Phi) is 8.57. The van der Waals surface area contributed by atoms with Crippen LogP contribution < -0.4 is 16.0 Å². The fourth-order valence-corrected chi connectivity index (χ4v) is 3.88. The van der Waals surface area contributed by atoms with E-state index in [-0.39, 0.29) is 11.8 Å². The maximum absolute atomic E-state index is 13.0. The molecule has 0 aliphatic heterocycles. The summed E-state index contributed by atoms with van der Waals surface area (Å²) >= 11 is 0. The van der Waals surface area contributed by atoms with E-state index in [1.165, 1.54) is 12.1 Å². The van der Waals surface area contributed by atoms with Gasteiger partial charge in [-0.05, 0) is 92.5 Å². The van der Waals surface area contributed by atoms with E-state index in [4.69, 9.17) is 0 Å². The Morgan fingerprint density at radius 1 is 1.03 bits per heavy atom. The predicted octanol–water partition coefficient (Wildman–Crippen LogP) is 3.76. The van der Waals surface area contributed by atoms with Crippen molar-refractivity contribution in [2.24, 2.45) is 7.05 Å². The summed E-state index contributed by atoms with van der Waals surface area (Å²) in [6, 6.07) is 11.9. The lowest BCUT2D eigenvalue weighted by Crippen LogP contribution is -2.30. The molecule has 0 spiro atoms. The molecule has 11 heteroatoms. The van der Waals surface area contributed by atoms with Crippen LogP contribution in [0.2, 0.25) is 0 Å². The van der Waals surface area contributed by atoms with Crippen molar-refractivity contribution in [3.8, 4) is 22.8 Å². The highest BCUT2D eigenvalue weighted by Gasteiger charge is 2.14. The number of aromatic amines is 1. The van der Waals surface area contributed by atoms with Crippen LogP contribution in [0.4, 0.5) is 14.9 Å². The van der Waals surface area contributed by atoms with E-state index >= 15 is 0 Å². The van der Waals surface area contributed by atoms with Gasteiger partial charge in [0.05, 0.1) is 5.69 Å². The largest absolute Gasteiger partial charge is 0.342 e. The molecular formula is C26H32FN9O. The number of urea groups is 1. The van der Waals surface area contributed by atoms with Crippen LogP contribution in [0.5, 0.6) is 0 Å². The molecule has 37 heavy (non-hydrogen) atoms. The SMILES string of the molecule is Cc1nc(-c2cc(NC(=O)NCCCCNCCc3ccc(F)cc3)cc(-c3nnnn3C)c2)[nH]c1C. The van der Waals surface area contributed by atoms with Gasteiger partial charge in [0, 0.05) is 36.1 Å². The van der Waals surface area contributed by atoms with Crippen LogP contribution in [0.1, 0.15) is 29.8 Å². The van der Waals surface area contributed by atoms with E-state index in [1.807, 2.05) is 32.0 Å². The monoisotopic (exact) mass is 505 g/mol. The van der Waals surface area contributed by atoms with E-state index in [0.29, 0.717) is 23.9 Å². The van der Waals surface area contributed by atoms with Gasteiger partial charge in [0.1, 0.15) is 11.6 Å². The Labute approximate surface area is 215 Å². The zero-order chi connectivity index (χ0) is 26.2. The first kappa shape index (κ1) is 26.0. The number of carbonyl (C=O) groups is 1. The zero-order valence-corrected chi connectivity index (χ0v) is 21.3. The zero-order valence-electron chi connectivity index (χ0n) is 21.3. The predicted molar refractivity (Wildman–Crippen MR) is 141 cm³/mol. The average molecular weight is 506 g/mol. The second-order valence-electron chi connectivity index (χ2n) is 8.94. The number of anilines is 1. The molecule has 0 saturated carbocycles. The summed E-state index contributed by atoms with van der Waals surface area (Å²) in [6.45, 7) is 6.15. The van der Waals surface area contributed by atoms with Crippen molar-refractivity contribution in [3.05, 3.63) is 65.2 Å². The van der Waals surface area contributed by atoms with Gasteiger partial charge in [-0.2, -0.15) is 0 Å². The Hall–Kier alpha value is -4.12. The molecule has 0 fully saturated rings. The van der Waals surface area contributed by atoms with Crippen molar-refractivity contribution in [1.29, 1.82) is 0 Å². The average Bonchev–Trinajstić information content (AvgIpc) is 3.46. The Morgan fingerprint density at radius 3 is 2.49 bits per heavy atom. The van der Waals surface area contributed by atoms with E-state index in [1.54, 1.807) is 23.9 Å². The second-order valence-corrected chi connectivity index (χ2v) is 8.94. The number of amides is 2. The molecular weight excluding hydrogens is 473 g/mol. The molecule has 0 unspecified atom stereocenters. The third-order valence-electron chi connectivity index (χ3n) is 6.04. The number of unbranched alkanes of at least 4 members (excludes halogenated alkanes) is 1. The van der Waals surface area contributed by atoms with Gasteiger partial charge >= 0.3 is 6.03 Å². The summed E-state index contributed by atoms with van der Waals surface area (Å²) in [4.78, 5) is 20.4. The lowest BCUT2D eigenvalue weighted by atomic mass is 10.1. The summed E-state index contributed by atoms with van der Waals surface area (Å²) < 4.78 is 14.5. The summed E-state index contributed by atoms with van der Waals surface area (Å²) in [5, 5.41) is 20.9. The van der Waals surface area contributed by atoms with Crippen molar-refractivity contribution in [2.45, 2.75) is 33.1 Å². The number of nitrogens with one attached hydrogen (secondary N) is 4. The number of nitrogens with zero attached hydrogens (tertiary/aromatic N) is 5. The highest BCUT2D eigenvalue weighted by Crippen LogP contribution is 2.28. The molecule has 0 atom stereocenters. The van der Waals surface area contributed by atoms with E-state index in [2.05, 4.69) is 41.4 Å². The molecule has 0 aliphatic rings. The van der Waals surface area contributed by atoms with Crippen LogP contribution in [0.25, 0.3) is 22.8 Å². The summed E-state index contributed by atoms with van der Waals surface area (Å²) in [5.74, 6) is 1.08. The minimum atomic E-state index is -0.282. The standard InChI is InChI=1S/C26H32FN9O/c1-17-18(2)31-24(30-17)20-14-21(25-33-34-35-36(25)3)16-23(15-20)32-26(37)29-12-5-4-11-28-13-10-19-6-8-22(27)9-7-19/h6-9,14-16,28H,4-5,10-13H2,1-3H3,(H,30,31)(H2,29,32,37). The van der Waals surface area contributed by atoms with Crippen LogP contribution >= 0.6 is 0 Å². The molecule has 2 aromatic carbocycles. The lowest BCUT2D eigenvalue weighted by molar-refractivity contribution is 0.252. The quantitative estimate of drug-likeness (QED) is 0.230. The molecule has 4 rings (SSSR count). The maximum Gasteiger partial charge on any atom is 0.319 e. The number of rotatable bonds is 11. The topological polar surface area (TPSA) is 125 Å². The fourth-order valence-electron chi connectivity index (χ4n) is 3.88. The third kappa shape index (κ3) is 7.20. The lowest BCUT2D eigenvalue weighted by Gasteiger charge is -2.11. The van der Waals surface area contributed by atoms with Crippen molar-refractivity contribution in [2.75, 3.05) is 25.0 Å². The van der Waals surface area contributed by atoms with Crippen LogP contribution in [0.15, 0.2) is 42.5 Å². The molecule has 2 aromatic heterocycles. The Balaban J connectivity index is 1.27. The van der Waals surface area contributed by atoms with Crippen molar-refractivity contribution < 1.29 is 9.18 Å². The number of carbonyl (C=O) groups excluding carboxylic acids is 1. The van der Waals surface area contributed by atoms with Gasteiger partial charge in [0.2, 0.25) is 0 Å². The number of hydrogen-bond acceptors (Lipinski definition) is 6. The molecule has 194 valence electrons. The van der Waals surface area contributed by atoms with Gasteiger partial charge in [-0.1, -0.05) is 12.1 Å². The Morgan fingerprint density at radius 2 is 1.78 bits per heavy atom. The van der Waals surface area contributed by atoms with Gasteiger partial charge in [0.25, 0.3) is 0 Å². The summed E-state index contributed by atoms with van der Waals surface area (Å²) in [6.07, 6.45) is 2.63. The van der Waals surface area contributed by atoms with Crippen LogP contribution in [-0.4, -0.2) is 55.8 Å². The molecule has 4 N–H and O–H groups in total. The third-order valence-corrected chi connectivity index (χ3v) is 6.04. The van der Waals surface area contributed by atoms with E-state index < -0.39 is 0 Å². The van der Waals surface area contributed by atoms with Crippen LogP contribution in [-0.2, 0) is 13.5 Å². The first-order chi connectivity index (χ1) is 17.9. The highest BCUT2D eigenvalue weighted by molar-refractivity contribution is 5.91. The van der Waals surface area contributed by atoms with Gasteiger partial charge in [-0.25, -0.2) is 18.9 Å². The summed E-state index contributed by atoms with van der Waals surface area (Å²) in [5.41, 5.74) is 5.20. The molecule has 2 heterocycles. The minimum Gasteiger partial charge on any atom is -0.342 e. The van der Waals surface area contributed by atoms with Crippen LogP contribution in [0, 0.1) is 19.7 Å². The molecule has 0 saturated heterocycles. The van der Waals surface area contributed by atoms with Gasteiger partial charge in [-0.15, -0.1) is 5.10 Å². The highest BCUT2D eigenvalue weighted by atomic mass is 19.1. The smallest absolute Gasteiger partial charge is 0.319 e. The number of H-pyrrole nitrogens is 1. The molecule has 2 amide bonds. The maximum atomic E-state index is 13.0. The van der Waals surface area contributed by atoms with Gasteiger partial charge < -0.3 is 20.9 Å². The van der Waals surface area contributed by atoms with Crippen molar-refractivity contribution in [1.82, 2.24) is 40.8 Å². The number of benzene rings is 2. The van der Waals surface area contributed by atoms with Crippen LogP contribution in [0.3, 0.4) is 0 Å². The number of aromatic nitrogens is 6. The molecule has 4 aromatic rings. The fraction of sp³-hybridized carbons (Fsp3) is 0.346. The van der Waals surface area contributed by atoms with E-state index in [0.717, 1.165) is 60.4 Å². The number of tetrazole rings is 1. The van der Waals surface area contributed by atoms with Crippen molar-refractivity contribution in [3.63, 3.8) is 0 Å². The Bertz CT molecular complexity index is 1310. The van der Waals surface area contributed by atoms with Gasteiger partial charge in [0.15, 0.2) is 5.82 Å². The number of imidazole rings is 1. The van der Waals surface area contributed by atoms with Gasteiger partial charge in [-0.3, -0.25) is 0 Å². The molecule has 10 nitrogen and oxygen atoms in total. The minimum absolute atomic E-state index is 0.216. The first-order valence-electron chi connectivity index (χ1n) is 12.3. The first-order valence-corrected chi connectivity index (χ1v) is 12.3. The van der Waals surface area contributed by atoms with Crippen molar-refractivity contribution >= 4 is 11.7 Å². The molecule has 0 aliphatic carbocycles. The second kappa shape index (κ2) is 12.2. The summed E-state index contributed by atoms with van der Waals surface area (Å²) in [7, 11) is 1.76. The molecule has 0 bridgehead atoms. The van der Waals surface area contributed by atoms with E-state index in [9.17, 15) is 9.18 Å². The normalized spacial score (nSPS) is 11.0. The number of aryl methyl sites for hydroxylation is 3. The number of halogens is 1. The number of hydrogen-bond donors (Lipinski definition) is 4.